The second-order valence-electron chi connectivity index (χ2n) is 7.17. The summed E-state index contributed by atoms with van der Waals surface area (Å²) in [6.07, 6.45) is 2.98. The molecule has 1 aliphatic carbocycles. The molecule has 1 fully saturated rings. The van der Waals surface area contributed by atoms with E-state index in [-0.39, 0.29) is 11.9 Å². The predicted molar refractivity (Wildman–Crippen MR) is 108 cm³/mol. The Bertz CT molecular complexity index is 1020. The van der Waals surface area contributed by atoms with Gasteiger partial charge in [-0.05, 0) is 25.0 Å². The molecule has 0 unspecified atom stereocenters. The molecule has 142 valence electrons. The van der Waals surface area contributed by atoms with Gasteiger partial charge in [-0.1, -0.05) is 61.4 Å². The van der Waals surface area contributed by atoms with Crippen molar-refractivity contribution < 1.29 is 14.3 Å². The fourth-order valence-corrected chi connectivity index (χ4v) is 3.96. The number of hydrogen-bond donors (Lipinski definition) is 1. The van der Waals surface area contributed by atoms with Gasteiger partial charge in [0, 0.05) is 10.9 Å². The third-order valence-electron chi connectivity index (χ3n) is 5.42. The standard InChI is InChI=1S/C23H22N2O3/c1-28-22(27)23(13-7-8-14-23)25-21(26)18-15-20(16-9-3-2-4-10-16)24-19-12-6-5-11-17(18)19/h2-6,9-12,15H,7-8,13-14H2,1H3,(H,25,26). The third-order valence-corrected chi connectivity index (χ3v) is 5.42. The topological polar surface area (TPSA) is 68.3 Å². The molecule has 1 aromatic heterocycles. The van der Waals surface area contributed by atoms with Gasteiger partial charge in [-0.25, -0.2) is 9.78 Å². The van der Waals surface area contributed by atoms with Gasteiger partial charge in [0.05, 0.1) is 23.9 Å². The van der Waals surface area contributed by atoms with Crippen LogP contribution in [-0.4, -0.2) is 29.5 Å². The van der Waals surface area contributed by atoms with Crippen molar-refractivity contribution in [2.45, 2.75) is 31.2 Å². The second-order valence-corrected chi connectivity index (χ2v) is 7.17. The largest absolute Gasteiger partial charge is 0.467 e. The summed E-state index contributed by atoms with van der Waals surface area (Å²) in [6, 6.07) is 19.1. The molecular formula is C23H22N2O3. The van der Waals surface area contributed by atoms with Crippen molar-refractivity contribution in [3.05, 3.63) is 66.2 Å². The van der Waals surface area contributed by atoms with Gasteiger partial charge in [0.1, 0.15) is 5.54 Å². The number of hydrogen-bond acceptors (Lipinski definition) is 4. The molecule has 1 amide bonds. The van der Waals surface area contributed by atoms with Crippen molar-refractivity contribution in [1.82, 2.24) is 10.3 Å². The predicted octanol–water partition coefficient (Wildman–Crippen LogP) is 4.12. The molecule has 0 spiro atoms. The first-order valence-corrected chi connectivity index (χ1v) is 9.49. The summed E-state index contributed by atoms with van der Waals surface area (Å²) in [6.45, 7) is 0. The van der Waals surface area contributed by atoms with Crippen LogP contribution < -0.4 is 5.32 Å². The minimum atomic E-state index is -0.941. The molecule has 1 N–H and O–H groups in total. The fourth-order valence-electron chi connectivity index (χ4n) is 3.96. The number of ether oxygens (including phenoxy) is 1. The Balaban J connectivity index is 1.79. The Labute approximate surface area is 163 Å². The Hall–Kier alpha value is -3.21. The minimum Gasteiger partial charge on any atom is -0.467 e. The normalized spacial score (nSPS) is 15.3. The SMILES string of the molecule is COC(=O)C1(NC(=O)c2cc(-c3ccccc3)nc3ccccc23)CCCC1. The summed E-state index contributed by atoms with van der Waals surface area (Å²) >= 11 is 0. The van der Waals surface area contributed by atoms with E-state index < -0.39 is 5.54 Å². The lowest BCUT2D eigenvalue weighted by molar-refractivity contribution is -0.148. The third kappa shape index (κ3) is 3.24. The van der Waals surface area contributed by atoms with Crippen molar-refractivity contribution in [2.75, 3.05) is 7.11 Å². The van der Waals surface area contributed by atoms with Gasteiger partial charge in [0.25, 0.3) is 5.91 Å². The van der Waals surface area contributed by atoms with Crippen LogP contribution in [0.4, 0.5) is 0 Å². The molecule has 0 atom stereocenters. The quantitative estimate of drug-likeness (QED) is 0.698. The highest BCUT2D eigenvalue weighted by atomic mass is 16.5. The number of pyridine rings is 1. The van der Waals surface area contributed by atoms with E-state index in [1.165, 1.54) is 7.11 Å². The lowest BCUT2D eigenvalue weighted by Crippen LogP contribution is -2.53. The molecule has 0 radical (unpaired) electrons. The van der Waals surface area contributed by atoms with Gasteiger partial charge >= 0.3 is 5.97 Å². The maximum absolute atomic E-state index is 13.3. The van der Waals surface area contributed by atoms with E-state index >= 15 is 0 Å². The lowest BCUT2D eigenvalue weighted by Gasteiger charge is -2.27. The van der Waals surface area contributed by atoms with E-state index in [0.29, 0.717) is 18.4 Å². The Kier molecular flexibility index (Phi) is 4.82. The molecule has 1 aliphatic rings. The maximum atomic E-state index is 13.3. The monoisotopic (exact) mass is 374 g/mol. The van der Waals surface area contributed by atoms with E-state index in [2.05, 4.69) is 5.32 Å². The minimum absolute atomic E-state index is 0.275. The molecule has 5 heteroatoms. The van der Waals surface area contributed by atoms with Crippen LogP contribution in [-0.2, 0) is 9.53 Å². The number of rotatable bonds is 4. The molecule has 1 saturated carbocycles. The molecule has 3 aromatic rings. The Morgan fingerprint density at radius 2 is 1.68 bits per heavy atom. The number of amides is 1. The molecule has 0 bridgehead atoms. The molecular weight excluding hydrogens is 352 g/mol. The van der Waals surface area contributed by atoms with E-state index in [1.807, 2.05) is 54.6 Å². The van der Waals surface area contributed by atoms with Crippen molar-refractivity contribution >= 4 is 22.8 Å². The number of carbonyl (C=O) groups is 2. The highest BCUT2D eigenvalue weighted by molar-refractivity contribution is 6.08. The molecule has 5 nitrogen and oxygen atoms in total. The van der Waals surface area contributed by atoms with Gasteiger partial charge < -0.3 is 10.1 Å². The van der Waals surface area contributed by atoms with E-state index in [4.69, 9.17) is 9.72 Å². The maximum Gasteiger partial charge on any atom is 0.331 e. The summed E-state index contributed by atoms with van der Waals surface area (Å²) in [4.78, 5) is 30.4. The van der Waals surface area contributed by atoms with E-state index in [0.717, 1.165) is 35.0 Å². The number of nitrogens with zero attached hydrogens (tertiary/aromatic N) is 1. The Morgan fingerprint density at radius 1 is 1.00 bits per heavy atom. The first kappa shape index (κ1) is 18.2. The number of methoxy groups -OCH3 is 1. The van der Waals surface area contributed by atoms with Crippen LogP contribution in [0.3, 0.4) is 0 Å². The average Bonchev–Trinajstić information content (AvgIpc) is 3.22. The summed E-state index contributed by atoms with van der Waals surface area (Å²) in [5.41, 5.74) is 1.98. The molecule has 4 rings (SSSR count). The van der Waals surface area contributed by atoms with Gasteiger partial charge in [-0.15, -0.1) is 0 Å². The van der Waals surface area contributed by atoms with Gasteiger partial charge in [0.15, 0.2) is 0 Å². The molecule has 2 aromatic carbocycles. The number of esters is 1. The summed E-state index contributed by atoms with van der Waals surface area (Å²) in [7, 11) is 1.36. The fraction of sp³-hybridized carbons (Fsp3) is 0.261. The molecule has 28 heavy (non-hydrogen) atoms. The van der Waals surface area contributed by atoms with Crippen molar-refractivity contribution in [3.8, 4) is 11.3 Å². The molecule has 0 saturated heterocycles. The van der Waals surface area contributed by atoms with Gasteiger partial charge in [-0.2, -0.15) is 0 Å². The van der Waals surface area contributed by atoms with Crippen LogP contribution in [0.5, 0.6) is 0 Å². The van der Waals surface area contributed by atoms with Crippen LogP contribution in [0.25, 0.3) is 22.2 Å². The lowest BCUT2D eigenvalue weighted by atomic mass is 9.96. The van der Waals surface area contributed by atoms with E-state index in [1.54, 1.807) is 6.07 Å². The second kappa shape index (κ2) is 7.43. The zero-order valence-corrected chi connectivity index (χ0v) is 15.8. The smallest absolute Gasteiger partial charge is 0.331 e. The zero-order valence-electron chi connectivity index (χ0n) is 15.8. The molecule has 1 heterocycles. The van der Waals surface area contributed by atoms with Crippen LogP contribution in [0.2, 0.25) is 0 Å². The number of benzene rings is 2. The molecule has 0 aliphatic heterocycles. The number of aromatic nitrogens is 1. The summed E-state index contributed by atoms with van der Waals surface area (Å²) < 4.78 is 4.99. The number of fused-ring (bicyclic) bond motifs is 1. The first-order valence-electron chi connectivity index (χ1n) is 9.49. The van der Waals surface area contributed by atoms with Crippen molar-refractivity contribution in [3.63, 3.8) is 0 Å². The Morgan fingerprint density at radius 3 is 2.39 bits per heavy atom. The van der Waals surface area contributed by atoms with Crippen LogP contribution in [0.1, 0.15) is 36.0 Å². The number of carbonyl (C=O) groups excluding carboxylic acids is 2. The number of nitrogens with one attached hydrogen (secondary N) is 1. The van der Waals surface area contributed by atoms with Gasteiger partial charge in [-0.3, -0.25) is 4.79 Å². The summed E-state index contributed by atoms with van der Waals surface area (Å²) in [5.74, 6) is -0.650. The van der Waals surface area contributed by atoms with Crippen molar-refractivity contribution in [1.29, 1.82) is 0 Å². The highest BCUT2D eigenvalue weighted by Crippen LogP contribution is 2.32. The number of para-hydroxylation sites is 1. The van der Waals surface area contributed by atoms with Crippen LogP contribution >= 0.6 is 0 Å². The van der Waals surface area contributed by atoms with E-state index in [9.17, 15) is 9.59 Å². The summed E-state index contributed by atoms with van der Waals surface area (Å²) in [5, 5.41) is 3.75. The zero-order chi connectivity index (χ0) is 19.6. The van der Waals surface area contributed by atoms with Crippen LogP contribution in [0.15, 0.2) is 60.7 Å². The van der Waals surface area contributed by atoms with Crippen LogP contribution in [0, 0.1) is 0 Å². The van der Waals surface area contributed by atoms with Gasteiger partial charge in [0.2, 0.25) is 0 Å². The average molecular weight is 374 g/mol. The van der Waals surface area contributed by atoms with Crippen molar-refractivity contribution in [2.24, 2.45) is 0 Å². The highest BCUT2D eigenvalue weighted by Gasteiger charge is 2.43. The first-order chi connectivity index (χ1) is 13.6.